The summed E-state index contributed by atoms with van der Waals surface area (Å²) in [6.07, 6.45) is 3.47. The Labute approximate surface area is 134 Å². The van der Waals surface area contributed by atoms with Crippen molar-refractivity contribution in [3.63, 3.8) is 0 Å². The first-order valence-electron chi connectivity index (χ1n) is 7.47. The maximum atomic E-state index is 12.1. The predicted octanol–water partition coefficient (Wildman–Crippen LogP) is 2.82. The first-order chi connectivity index (χ1) is 11.0. The lowest BCUT2D eigenvalue weighted by atomic mass is 9.97. The normalized spacial score (nSPS) is 12.1. The Morgan fingerprint density at radius 3 is 2.48 bits per heavy atom. The molecule has 0 aliphatic rings. The lowest BCUT2D eigenvalue weighted by Crippen LogP contribution is -2.33. The van der Waals surface area contributed by atoms with Crippen LogP contribution in [0.1, 0.15) is 30.6 Å². The van der Waals surface area contributed by atoms with Gasteiger partial charge in [-0.25, -0.2) is 4.98 Å². The van der Waals surface area contributed by atoms with E-state index in [4.69, 9.17) is 4.42 Å². The summed E-state index contributed by atoms with van der Waals surface area (Å²) in [5.74, 6) is -0.870. The molecule has 1 atom stereocenters. The van der Waals surface area contributed by atoms with E-state index in [1.807, 2.05) is 13.8 Å². The molecule has 2 aromatic rings. The van der Waals surface area contributed by atoms with Crippen LogP contribution >= 0.6 is 0 Å². The fourth-order valence-electron chi connectivity index (χ4n) is 2.30. The number of carboxylic acids is 1. The highest BCUT2D eigenvalue weighted by Gasteiger charge is 2.20. The summed E-state index contributed by atoms with van der Waals surface area (Å²) in [7, 11) is 0. The fraction of sp³-hybridized carbons (Fsp3) is 0.353. The van der Waals surface area contributed by atoms with Gasteiger partial charge in [0.1, 0.15) is 0 Å². The molecular formula is C17H20N2O4. The van der Waals surface area contributed by atoms with Crippen molar-refractivity contribution in [2.45, 2.75) is 20.3 Å². The number of nitrogens with zero attached hydrogens (tertiary/aromatic N) is 1. The number of carbonyl (C=O) groups is 2. The number of benzene rings is 1. The minimum Gasteiger partial charge on any atom is -0.481 e. The summed E-state index contributed by atoms with van der Waals surface area (Å²) in [4.78, 5) is 27.2. The smallest absolute Gasteiger partial charge is 0.308 e. The fourth-order valence-corrected chi connectivity index (χ4v) is 2.30. The van der Waals surface area contributed by atoms with Crippen LogP contribution in [0.2, 0.25) is 0 Å². The zero-order valence-corrected chi connectivity index (χ0v) is 13.2. The molecule has 0 aliphatic heterocycles. The first-order valence-corrected chi connectivity index (χ1v) is 7.47. The highest BCUT2D eigenvalue weighted by Crippen LogP contribution is 2.19. The molecule has 0 fully saturated rings. The number of carboxylic acid groups (broad SMARTS) is 1. The van der Waals surface area contributed by atoms with Crippen LogP contribution in [0.15, 0.2) is 41.3 Å². The largest absolute Gasteiger partial charge is 0.481 e. The zero-order chi connectivity index (χ0) is 16.8. The van der Waals surface area contributed by atoms with E-state index in [1.165, 1.54) is 6.39 Å². The summed E-state index contributed by atoms with van der Waals surface area (Å²) >= 11 is 0. The summed E-state index contributed by atoms with van der Waals surface area (Å²) in [6.45, 7) is 4.04. The van der Waals surface area contributed by atoms with E-state index in [0.717, 1.165) is 5.56 Å². The van der Waals surface area contributed by atoms with E-state index in [1.54, 1.807) is 30.5 Å². The number of nitrogens with one attached hydrogen (secondary N) is 1. The second kappa shape index (κ2) is 7.58. The summed E-state index contributed by atoms with van der Waals surface area (Å²) in [5.41, 5.74) is 1.30. The Hall–Kier alpha value is -2.63. The lowest BCUT2D eigenvalue weighted by molar-refractivity contribution is -0.142. The van der Waals surface area contributed by atoms with Gasteiger partial charge in [0.05, 0.1) is 12.1 Å². The van der Waals surface area contributed by atoms with Gasteiger partial charge in [-0.05, 0) is 24.5 Å². The quantitative estimate of drug-likeness (QED) is 0.819. The summed E-state index contributed by atoms with van der Waals surface area (Å²) < 4.78 is 5.19. The van der Waals surface area contributed by atoms with Crippen LogP contribution in [0.5, 0.6) is 0 Å². The van der Waals surface area contributed by atoms with Crippen molar-refractivity contribution in [2.75, 3.05) is 6.54 Å². The molecule has 0 saturated heterocycles. The maximum absolute atomic E-state index is 12.1. The van der Waals surface area contributed by atoms with Crippen molar-refractivity contribution in [1.29, 1.82) is 0 Å². The number of carbonyl (C=O) groups excluding carboxylic acids is 1. The first kappa shape index (κ1) is 16.7. The van der Waals surface area contributed by atoms with Gasteiger partial charge in [0, 0.05) is 17.7 Å². The number of aliphatic carboxylic acids is 1. The molecule has 1 aromatic carbocycles. The summed E-state index contributed by atoms with van der Waals surface area (Å²) in [5, 5.41) is 11.9. The number of aromatic nitrogens is 1. The SMILES string of the molecule is CC(C)CC(CNC(=O)c1ccc(-c2cnco2)cc1)C(=O)O. The second-order valence-corrected chi connectivity index (χ2v) is 5.82. The number of oxazole rings is 1. The molecule has 0 spiro atoms. The molecule has 6 nitrogen and oxygen atoms in total. The van der Waals surface area contributed by atoms with E-state index in [2.05, 4.69) is 10.3 Å². The average molecular weight is 316 g/mol. The van der Waals surface area contributed by atoms with Crippen molar-refractivity contribution < 1.29 is 19.1 Å². The highest BCUT2D eigenvalue weighted by atomic mass is 16.4. The molecule has 0 bridgehead atoms. The monoisotopic (exact) mass is 316 g/mol. The van der Waals surface area contributed by atoms with Crippen LogP contribution in [0.25, 0.3) is 11.3 Å². The van der Waals surface area contributed by atoms with E-state index in [9.17, 15) is 14.7 Å². The Morgan fingerprint density at radius 1 is 1.26 bits per heavy atom. The topological polar surface area (TPSA) is 92.4 Å². The Morgan fingerprint density at radius 2 is 1.96 bits per heavy atom. The molecule has 1 heterocycles. The zero-order valence-electron chi connectivity index (χ0n) is 13.2. The van der Waals surface area contributed by atoms with E-state index in [-0.39, 0.29) is 18.4 Å². The molecule has 2 N–H and O–H groups in total. The van der Waals surface area contributed by atoms with Gasteiger partial charge in [-0.1, -0.05) is 26.0 Å². The van der Waals surface area contributed by atoms with E-state index >= 15 is 0 Å². The number of hydrogen-bond donors (Lipinski definition) is 2. The molecular weight excluding hydrogens is 296 g/mol. The molecule has 6 heteroatoms. The van der Waals surface area contributed by atoms with Gasteiger partial charge in [0.25, 0.3) is 5.91 Å². The van der Waals surface area contributed by atoms with Crippen molar-refractivity contribution in [3.8, 4) is 11.3 Å². The summed E-state index contributed by atoms with van der Waals surface area (Å²) in [6, 6.07) is 6.87. The van der Waals surface area contributed by atoms with Gasteiger partial charge in [0.15, 0.2) is 12.2 Å². The third-order valence-corrected chi connectivity index (χ3v) is 3.48. The predicted molar refractivity (Wildman–Crippen MR) is 84.9 cm³/mol. The van der Waals surface area contributed by atoms with Gasteiger partial charge in [-0.2, -0.15) is 0 Å². The Kier molecular flexibility index (Phi) is 5.51. The Balaban J connectivity index is 1.96. The number of amides is 1. The molecule has 2 rings (SSSR count). The molecule has 1 aromatic heterocycles. The van der Waals surface area contributed by atoms with Crippen LogP contribution in [0, 0.1) is 11.8 Å². The molecule has 0 radical (unpaired) electrons. The third-order valence-electron chi connectivity index (χ3n) is 3.48. The number of rotatable bonds is 7. The molecule has 122 valence electrons. The van der Waals surface area contributed by atoms with Crippen LogP contribution in [-0.2, 0) is 4.79 Å². The maximum Gasteiger partial charge on any atom is 0.308 e. The standard InChI is InChI=1S/C17H20N2O4/c1-11(2)7-14(17(21)22)8-19-16(20)13-5-3-12(4-6-13)15-9-18-10-23-15/h3-6,9-11,14H,7-8H2,1-2H3,(H,19,20)(H,21,22). The van der Waals surface area contributed by atoms with Crippen LogP contribution in [0.3, 0.4) is 0 Å². The highest BCUT2D eigenvalue weighted by molar-refractivity contribution is 5.94. The molecule has 23 heavy (non-hydrogen) atoms. The minimum atomic E-state index is -0.889. The number of hydrogen-bond acceptors (Lipinski definition) is 4. The molecule has 1 amide bonds. The van der Waals surface area contributed by atoms with Crippen LogP contribution in [0.4, 0.5) is 0 Å². The van der Waals surface area contributed by atoms with E-state index < -0.39 is 11.9 Å². The van der Waals surface area contributed by atoms with Crippen molar-refractivity contribution >= 4 is 11.9 Å². The van der Waals surface area contributed by atoms with Crippen molar-refractivity contribution in [3.05, 3.63) is 42.4 Å². The van der Waals surface area contributed by atoms with Gasteiger partial charge >= 0.3 is 5.97 Å². The minimum absolute atomic E-state index is 0.121. The van der Waals surface area contributed by atoms with Gasteiger partial charge in [-0.3, -0.25) is 9.59 Å². The average Bonchev–Trinajstić information content (AvgIpc) is 3.05. The Bertz CT molecular complexity index is 648. The third kappa shape index (κ3) is 4.67. The van der Waals surface area contributed by atoms with Crippen molar-refractivity contribution in [1.82, 2.24) is 10.3 Å². The second-order valence-electron chi connectivity index (χ2n) is 5.82. The molecule has 0 saturated carbocycles. The van der Waals surface area contributed by atoms with Crippen molar-refractivity contribution in [2.24, 2.45) is 11.8 Å². The lowest BCUT2D eigenvalue weighted by Gasteiger charge is -2.15. The van der Waals surface area contributed by atoms with Gasteiger partial charge in [-0.15, -0.1) is 0 Å². The van der Waals surface area contributed by atoms with E-state index in [0.29, 0.717) is 17.7 Å². The van der Waals surface area contributed by atoms with Gasteiger partial charge < -0.3 is 14.8 Å². The van der Waals surface area contributed by atoms with Gasteiger partial charge in [0.2, 0.25) is 0 Å². The molecule has 1 unspecified atom stereocenters. The van der Waals surface area contributed by atoms with Crippen LogP contribution in [-0.4, -0.2) is 28.5 Å². The van der Waals surface area contributed by atoms with Crippen LogP contribution < -0.4 is 5.32 Å². The molecule has 0 aliphatic carbocycles.